The second-order valence-electron chi connectivity index (χ2n) is 4.15. The normalized spacial score (nSPS) is 34.9. The molecule has 0 atom stereocenters. The van der Waals surface area contributed by atoms with E-state index in [0.717, 1.165) is 0 Å². The van der Waals surface area contributed by atoms with Crippen molar-refractivity contribution in [3.8, 4) is 0 Å². The number of esters is 2. The number of hydrogen-bond acceptors (Lipinski definition) is 4. The first-order valence-corrected chi connectivity index (χ1v) is 5.15. The van der Waals surface area contributed by atoms with Crippen LogP contribution in [0.4, 0.5) is 0 Å². The molecule has 0 aromatic heterocycles. The zero-order valence-corrected chi connectivity index (χ0v) is 9.36. The average molecular weight is 222 g/mol. The molecule has 0 bridgehead atoms. The van der Waals surface area contributed by atoms with Crippen LogP contribution in [-0.2, 0) is 19.1 Å². The predicted molar refractivity (Wildman–Crippen MR) is 56.4 cm³/mol. The first kappa shape index (κ1) is 10.9. The summed E-state index contributed by atoms with van der Waals surface area (Å²) >= 11 is 0. The van der Waals surface area contributed by atoms with Crippen molar-refractivity contribution in [2.24, 2.45) is 10.8 Å². The Labute approximate surface area is 93.9 Å². The summed E-state index contributed by atoms with van der Waals surface area (Å²) in [4.78, 5) is 23.8. The predicted octanol–water partition coefficient (Wildman–Crippen LogP) is 1.22. The largest absolute Gasteiger partial charge is 0.469 e. The Morgan fingerprint density at radius 3 is 1.94 bits per heavy atom. The van der Waals surface area contributed by atoms with Gasteiger partial charge in [0.1, 0.15) is 5.41 Å². The van der Waals surface area contributed by atoms with Gasteiger partial charge in [-0.05, 0) is 12.8 Å². The van der Waals surface area contributed by atoms with Gasteiger partial charge in [0.2, 0.25) is 0 Å². The molecule has 2 aliphatic carbocycles. The molecular formula is C12H14O4. The van der Waals surface area contributed by atoms with Crippen LogP contribution in [0, 0.1) is 10.8 Å². The first-order chi connectivity index (χ1) is 7.63. The molecule has 0 unspecified atom stereocenters. The Hall–Kier alpha value is -1.58. The second kappa shape index (κ2) is 3.47. The van der Waals surface area contributed by atoms with Gasteiger partial charge in [-0.15, -0.1) is 0 Å². The molecule has 2 aliphatic rings. The van der Waals surface area contributed by atoms with Crippen LogP contribution in [0.3, 0.4) is 0 Å². The Morgan fingerprint density at radius 1 is 1.00 bits per heavy atom. The molecule has 0 aromatic carbocycles. The summed E-state index contributed by atoms with van der Waals surface area (Å²) in [5, 5.41) is 0. The van der Waals surface area contributed by atoms with E-state index in [2.05, 4.69) is 0 Å². The highest BCUT2D eigenvalue weighted by atomic mass is 16.5. The molecule has 0 aliphatic heterocycles. The zero-order valence-electron chi connectivity index (χ0n) is 9.36. The molecule has 0 saturated carbocycles. The number of carbonyl (C=O) groups excluding carboxylic acids is 2. The van der Waals surface area contributed by atoms with Crippen LogP contribution in [0.1, 0.15) is 12.8 Å². The van der Waals surface area contributed by atoms with E-state index >= 15 is 0 Å². The molecule has 86 valence electrons. The number of hydrogen-bond donors (Lipinski definition) is 0. The third-order valence-corrected chi connectivity index (χ3v) is 3.59. The van der Waals surface area contributed by atoms with Crippen molar-refractivity contribution >= 4 is 11.9 Å². The third kappa shape index (κ3) is 1.04. The van der Waals surface area contributed by atoms with E-state index in [1.807, 2.05) is 12.2 Å². The Morgan fingerprint density at radius 2 is 1.50 bits per heavy atom. The van der Waals surface area contributed by atoms with Gasteiger partial charge < -0.3 is 9.47 Å². The van der Waals surface area contributed by atoms with Crippen LogP contribution in [0.2, 0.25) is 0 Å². The van der Waals surface area contributed by atoms with Gasteiger partial charge in [-0.1, -0.05) is 24.3 Å². The molecular weight excluding hydrogens is 208 g/mol. The molecule has 4 heteroatoms. The maximum absolute atomic E-state index is 11.9. The fourth-order valence-electron chi connectivity index (χ4n) is 2.72. The minimum atomic E-state index is -0.963. The standard InChI is InChI=1S/C12H14O4/c1-15-9(13)11-5-3-7-12(11,8-4-6-11)10(14)16-2/h3-6H,7-8H2,1-2H3. The molecule has 0 fully saturated rings. The Bertz CT molecular complexity index is 376. The average Bonchev–Trinajstić information content (AvgIpc) is 2.82. The van der Waals surface area contributed by atoms with E-state index in [9.17, 15) is 9.59 Å². The quantitative estimate of drug-likeness (QED) is 0.521. The topological polar surface area (TPSA) is 52.6 Å². The molecule has 0 spiro atoms. The van der Waals surface area contributed by atoms with Gasteiger partial charge in [-0.3, -0.25) is 9.59 Å². The number of carbonyl (C=O) groups is 2. The van der Waals surface area contributed by atoms with Crippen molar-refractivity contribution in [3.05, 3.63) is 24.3 Å². The fraction of sp³-hybridized carbons (Fsp3) is 0.500. The smallest absolute Gasteiger partial charge is 0.320 e. The maximum atomic E-state index is 11.9. The van der Waals surface area contributed by atoms with Crippen LogP contribution in [-0.4, -0.2) is 26.2 Å². The monoisotopic (exact) mass is 222 g/mol. The summed E-state index contributed by atoms with van der Waals surface area (Å²) in [5.41, 5.74) is -1.79. The molecule has 0 saturated heterocycles. The Kier molecular flexibility index (Phi) is 2.37. The molecule has 4 nitrogen and oxygen atoms in total. The molecule has 0 N–H and O–H groups in total. The second-order valence-corrected chi connectivity index (χ2v) is 4.15. The fourth-order valence-corrected chi connectivity index (χ4v) is 2.72. The van der Waals surface area contributed by atoms with Crippen molar-refractivity contribution < 1.29 is 19.1 Å². The highest BCUT2D eigenvalue weighted by Crippen LogP contribution is 2.57. The third-order valence-electron chi connectivity index (χ3n) is 3.59. The summed E-state index contributed by atoms with van der Waals surface area (Å²) in [6, 6.07) is 0. The van der Waals surface area contributed by atoms with Crippen LogP contribution in [0.25, 0.3) is 0 Å². The summed E-state index contributed by atoms with van der Waals surface area (Å²) in [5.74, 6) is -0.756. The first-order valence-electron chi connectivity index (χ1n) is 5.15. The summed E-state index contributed by atoms with van der Waals surface area (Å²) in [6.07, 6.45) is 8.22. The van der Waals surface area contributed by atoms with E-state index in [-0.39, 0.29) is 5.97 Å². The lowest BCUT2D eigenvalue weighted by Gasteiger charge is -2.34. The van der Waals surface area contributed by atoms with Crippen molar-refractivity contribution in [1.82, 2.24) is 0 Å². The van der Waals surface area contributed by atoms with E-state index in [1.165, 1.54) is 14.2 Å². The molecule has 0 radical (unpaired) electrons. The van der Waals surface area contributed by atoms with Gasteiger partial charge in [0.25, 0.3) is 0 Å². The van der Waals surface area contributed by atoms with Crippen molar-refractivity contribution in [1.29, 1.82) is 0 Å². The van der Waals surface area contributed by atoms with E-state index in [1.54, 1.807) is 12.2 Å². The molecule has 0 aromatic rings. The maximum Gasteiger partial charge on any atom is 0.320 e. The lowest BCUT2D eigenvalue weighted by Crippen LogP contribution is -2.46. The van der Waals surface area contributed by atoms with Crippen molar-refractivity contribution in [2.75, 3.05) is 14.2 Å². The lowest BCUT2D eigenvalue weighted by atomic mass is 9.67. The van der Waals surface area contributed by atoms with Crippen LogP contribution < -0.4 is 0 Å². The minimum absolute atomic E-state index is 0.354. The summed E-state index contributed by atoms with van der Waals surface area (Å²) in [6.45, 7) is 0. The number of methoxy groups -OCH3 is 2. The molecule has 0 amide bonds. The van der Waals surface area contributed by atoms with Gasteiger partial charge in [0, 0.05) is 0 Å². The SMILES string of the molecule is COC(=O)C12C=CCC1(C(=O)OC)CC=C2. The molecule has 2 rings (SSSR count). The summed E-state index contributed by atoms with van der Waals surface area (Å²) < 4.78 is 9.64. The van der Waals surface area contributed by atoms with Crippen LogP contribution >= 0.6 is 0 Å². The van der Waals surface area contributed by atoms with E-state index in [0.29, 0.717) is 12.8 Å². The van der Waals surface area contributed by atoms with Gasteiger partial charge in [0.15, 0.2) is 0 Å². The summed E-state index contributed by atoms with van der Waals surface area (Å²) in [7, 11) is 2.67. The molecule has 0 heterocycles. The minimum Gasteiger partial charge on any atom is -0.469 e. The van der Waals surface area contributed by atoms with Crippen molar-refractivity contribution in [3.63, 3.8) is 0 Å². The number of ether oxygens (including phenoxy) is 2. The lowest BCUT2D eigenvalue weighted by molar-refractivity contribution is -0.167. The zero-order chi connectivity index (χ0) is 11.8. The Balaban J connectivity index is 2.49. The van der Waals surface area contributed by atoms with Gasteiger partial charge in [-0.25, -0.2) is 0 Å². The number of rotatable bonds is 2. The highest BCUT2D eigenvalue weighted by Gasteiger charge is 2.63. The van der Waals surface area contributed by atoms with Crippen LogP contribution in [0.15, 0.2) is 24.3 Å². The van der Waals surface area contributed by atoms with E-state index < -0.39 is 16.8 Å². The molecule has 16 heavy (non-hydrogen) atoms. The van der Waals surface area contributed by atoms with E-state index in [4.69, 9.17) is 9.47 Å². The number of fused-ring (bicyclic) bond motifs is 1. The number of allylic oxidation sites excluding steroid dienone is 2. The van der Waals surface area contributed by atoms with Crippen LogP contribution in [0.5, 0.6) is 0 Å². The van der Waals surface area contributed by atoms with Gasteiger partial charge in [-0.2, -0.15) is 0 Å². The van der Waals surface area contributed by atoms with Crippen molar-refractivity contribution in [2.45, 2.75) is 12.8 Å². The van der Waals surface area contributed by atoms with Gasteiger partial charge >= 0.3 is 11.9 Å². The highest BCUT2D eigenvalue weighted by molar-refractivity contribution is 5.94. The van der Waals surface area contributed by atoms with Gasteiger partial charge in [0.05, 0.1) is 19.6 Å².